The van der Waals surface area contributed by atoms with E-state index in [9.17, 15) is 14.4 Å². The Labute approximate surface area is 229 Å². The first-order chi connectivity index (χ1) is 19.0. The summed E-state index contributed by atoms with van der Waals surface area (Å²) in [6.45, 7) is 0. The van der Waals surface area contributed by atoms with E-state index >= 15 is 0 Å². The molecule has 0 N–H and O–H groups in total. The molecule has 7 heteroatoms. The smallest absolute Gasteiger partial charge is 0.319 e. The van der Waals surface area contributed by atoms with E-state index in [1.54, 1.807) is 37.4 Å². The van der Waals surface area contributed by atoms with Crippen LogP contribution in [-0.2, 0) is 14.4 Å². The number of imide groups is 1. The Morgan fingerprint density at radius 2 is 1.54 bits per heavy atom. The first kappa shape index (κ1) is 23.7. The Balaban J connectivity index is 1.47. The number of hydrogen-bond acceptors (Lipinski definition) is 5. The summed E-state index contributed by atoms with van der Waals surface area (Å²) < 4.78 is 11.2. The van der Waals surface area contributed by atoms with Crippen molar-refractivity contribution in [2.24, 2.45) is 17.8 Å². The van der Waals surface area contributed by atoms with Crippen LogP contribution >= 0.6 is 11.6 Å². The van der Waals surface area contributed by atoms with E-state index in [2.05, 4.69) is 0 Å². The molecule has 0 radical (unpaired) electrons. The largest absolute Gasteiger partial charge is 0.497 e. The summed E-state index contributed by atoms with van der Waals surface area (Å²) in [6, 6.07) is 25.8. The predicted octanol–water partition coefficient (Wildman–Crippen LogP) is 6.02. The predicted molar refractivity (Wildman–Crippen MR) is 148 cm³/mol. The number of fused-ring (bicyclic) bond motifs is 7. The Kier molecular flexibility index (Phi) is 5.35. The average molecular weight is 536 g/mol. The van der Waals surface area contributed by atoms with Crippen LogP contribution in [0.15, 0.2) is 91.0 Å². The second kappa shape index (κ2) is 8.82. The summed E-state index contributed by atoms with van der Waals surface area (Å²) in [5, 5.41) is 2.20. The maximum Gasteiger partial charge on any atom is 0.319 e. The van der Waals surface area contributed by atoms with Gasteiger partial charge in [-0.1, -0.05) is 72.3 Å². The van der Waals surface area contributed by atoms with E-state index in [0.717, 1.165) is 26.8 Å². The van der Waals surface area contributed by atoms with Crippen LogP contribution in [0.25, 0.3) is 16.3 Å². The van der Waals surface area contributed by atoms with Crippen molar-refractivity contribution >= 4 is 51.4 Å². The van der Waals surface area contributed by atoms with Crippen LogP contribution < -0.4 is 14.4 Å². The van der Waals surface area contributed by atoms with Gasteiger partial charge in [-0.25, -0.2) is 4.90 Å². The third-order valence-electron chi connectivity index (χ3n) is 8.08. The van der Waals surface area contributed by atoms with E-state index in [0.29, 0.717) is 22.8 Å². The van der Waals surface area contributed by atoms with Crippen LogP contribution in [0.2, 0.25) is 5.02 Å². The summed E-state index contributed by atoms with van der Waals surface area (Å²) in [7, 11) is 1.59. The second-order valence-electron chi connectivity index (χ2n) is 9.99. The van der Waals surface area contributed by atoms with Gasteiger partial charge in [0.25, 0.3) is 0 Å². The molecule has 4 atom stereocenters. The molecule has 192 valence electrons. The molecule has 4 aromatic rings. The molecule has 1 fully saturated rings. The number of carbonyl (C=O) groups is 3. The van der Waals surface area contributed by atoms with Gasteiger partial charge in [0, 0.05) is 11.5 Å². The molecule has 0 unspecified atom stereocenters. The van der Waals surface area contributed by atoms with Gasteiger partial charge in [0.15, 0.2) is 0 Å². The standard InChI is InChI=1S/C32H22ClNO5/c1-38-19-13-10-18(11-14-19)21-16-22-26-20-7-3-2-6-17(20)12-15-25(26)39-32(37)28(22)29-27(21)30(35)34(31(29)36)24-9-5-4-8-23(24)33/h2-16,21,27-29H,1H3/t21-,27-,28-,29+/m0/s1. The number of ether oxygens (including phenoxy) is 2. The molecule has 2 amide bonds. The number of benzene rings is 4. The van der Waals surface area contributed by atoms with Crippen molar-refractivity contribution in [2.75, 3.05) is 12.0 Å². The van der Waals surface area contributed by atoms with E-state index in [4.69, 9.17) is 21.1 Å². The van der Waals surface area contributed by atoms with E-state index in [-0.39, 0.29) is 10.9 Å². The molecule has 39 heavy (non-hydrogen) atoms. The SMILES string of the molecule is COc1ccc([C@@H]2C=C3c4c(ccc5ccccc45)OC(=O)[C@@H]3[C@@H]3C(=O)N(c4ccccc4Cl)C(=O)[C@H]32)cc1. The lowest BCUT2D eigenvalue weighted by molar-refractivity contribution is -0.142. The number of esters is 1. The van der Waals surface area contributed by atoms with Crippen LogP contribution in [0.5, 0.6) is 11.5 Å². The molecule has 1 saturated heterocycles. The fourth-order valence-electron chi connectivity index (χ4n) is 6.35. The van der Waals surface area contributed by atoms with Gasteiger partial charge in [-0.3, -0.25) is 14.4 Å². The average Bonchev–Trinajstić information content (AvgIpc) is 3.22. The number of hydrogen-bond donors (Lipinski definition) is 0. The van der Waals surface area contributed by atoms with Crippen molar-refractivity contribution in [2.45, 2.75) is 5.92 Å². The Bertz CT molecular complexity index is 1730. The number of para-hydroxylation sites is 1. The molecule has 0 aromatic heterocycles. The molecule has 0 bridgehead atoms. The normalized spacial score (nSPS) is 23.6. The quantitative estimate of drug-likeness (QED) is 0.182. The summed E-state index contributed by atoms with van der Waals surface area (Å²) >= 11 is 6.45. The zero-order chi connectivity index (χ0) is 26.8. The van der Waals surface area contributed by atoms with E-state index in [1.165, 1.54) is 0 Å². The topological polar surface area (TPSA) is 72.9 Å². The van der Waals surface area contributed by atoms with Crippen LogP contribution in [-0.4, -0.2) is 24.9 Å². The first-order valence-corrected chi connectivity index (χ1v) is 13.1. The maximum absolute atomic E-state index is 14.1. The van der Waals surface area contributed by atoms with E-state index < -0.39 is 35.5 Å². The van der Waals surface area contributed by atoms with Crippen LogP contribution in [0.1, 0.15) is 17.0 Å². The fourth-order valence-corrected chi connectivity index (χ4v) is 6.57. The molecule has 6 nitrogen and oxygen atoms in total. The molecule has 2 heterocycles. The Morgan fingerprint density at radius 1 is 0.821 bits per heavy atom. The second-order valence-corrected chi connectivity index (χ2v) is 10.4. The van der Waals surface area contributed by atoms with Crippen molar-refractivity contribution < 1.29 is 23.9 Å². The number of methoxy groups -OCH3 is 1. The summed E-state index contributed by atoms with van der Waals surface area (Å²) in [5.41, 5.74) is 2.65. The number of nitrogens with zero attached hydrogens (tertiary/aromatic N) is 1. The molecule has 2 aliphatic heterocycles. The highest BCUT2D eigenvalue weighted by Crippen LogP contribution is 2.56. The molecule has 0 spiro atoms. The fraction of sp³-hybridized carbons (Fsp3) is 0.156. The molecular formula is C32H22ClNO5. The van der Waals surface area contributed by atoms with Gasteiger partial charge in [0.2, 0.25) is 11.8 Å². The monoisotopic (exact) mass is 535 g/mol. The van der Waals surface area contributed by atoms with Gasteiger partial charge in [-0.05, 0) is 52.2 Å². The van der Waals surface area contributed by atoms with Crippen molar-refractivity contribution in [3.8, 4) is 11.5 Å². The number of allylic oxidation sites excluding steroid dienone is 1. The van der Waals surface area contributed by atoms with Crippen LogP contribution in [0.3, 0.4) is 0 Å². The minimum absolute atomic E-state index is 0.287. The van der Waals surface area contributed by atoms with Gasteiger partial charge in [-0.2, -0.15) is 0 Å². The highest BCUT2D eigenvalue weighted by Gasteiger charge is 2.60. The van der Waals surface area contributed by atoms with Gasteiger partial charge in [-0.15, -0.1) is 0 Å². The molecule has 7 rings (SSSR count). The summed E-state index contributed by atoms with van der Waals surface area (Å²) in [4.78, 5) is 43.0. The minimum atomic E-state index is -0.944. The first-order valence-electron chi connectivity index (χ1n) is 12.7. The summed E-state index contributed by atoms with van der Waals surface area (Å²) in [5.74, 6) is -3.37. The van der Waals surface area contributed by atoms with Crippen molar-refractivity contribution in [3.63, 3.8) is 0 Å². The zero-order valence-electron chi connectivity index (χ0n) is 20.8. The lowest BCUT2D eigenvalue weighted by Crippen LogP contribution is -2.42. The van der Waals surface area contributed by atoms with E-state index in [1.807, 2.05) is 60.7 Å². The Hall–Kier alpha value is -4.42. The molecule has 1 aliphatic carbocycles. The minimum Gasteiger partial charge on any atom is -0.497 e. The maximum atomic E-state index is 14.1. The van der Waals surface area contributed by atoms with Gasteiger partial charge >= 0.3 is 5.97 Å². The van der Waals surface area contributed by atoms with Gasteiger partial charge < -0.3 is 9.47 Å². The van der Waals surface area contributed by atoms with Gasteiger partial charge in [0.1, 0.15) is 11.5 Å². The van der Waals surface area contributed by atoms with Crippen molar-refractivity contribution in [3.05, 3.63) is 107 Å². The van der Waals surface area contributed by atoms with Crippen LogP contribution in [0, 0.1) is 17.8 Å². The molecule has 3 aliphatic rings. The zero-order valence-corrected chi connectivity index (χ0v) is 21.6. The third-order valence-corrected chi connectivity index (χ3v) is 8.40. The Morgan fingerprint density at radius 3 is 2.31 bits per heavy atom. The highest BCUT2D eigenvalue weighted by molar-refractivity contribution is 6.36. The van der Waals surface area contributed by atoms with Crippen LogP contribution in [0.4, 0.5) is 5.69 Å². The number of halogens is 1. The van der Waals surface area contributed by atoms with Crippen molar-refractivity contribution in [1.82, 2.24) is 0 Å². The number of anilines is 1. The third kappa shape index (κ3) is 3.45. The lowest BCUT2D eigenvalue weighted by Gasteiger charge is -2.38. The number of amides is 2. The lowest BCUT2D eigenvalue weighted by atomic mass is 9.64. The number of rotatable bonds is 3. The molecular weight excluding hydrogens is 514 g/mol. The number of carbonyl (C=O) groups excluding carboxylic acids is 3. The van der Waals surface area contributed by atoms with Crippen molar-refractivity contribution in [1.29, 1.82) is 0 Å². The van der Waals surface area contributed by atoms with Gasteiger partial charge in [0.05, 0.1) is 35.6 Å². The summed E-state index contributed by atoms with van der Waals surface area (Å²) in [6.07, 6.45) is 1.99. The highest BCUT2D eigenvalue weighted by atomic mass is 35.5. The molecule has 0 saturated carbocycles. The molecule has 4 aromatic carbocycles.